The molecule has 0 aliphatic rings. The topological polar surface area (TPSA) is 42.9 Å². The fourth-order valence-electron chi connectivity index (χ4n) is 3.43. The highest BCUT2D eigenvalue weighted by Gasteiger charge is 1.93. The first-order chi connectivity index (χ1) is 17.9. The summed E-state index contributed by atoms with van der Waals surface area (Å²) in [6.45, 7) is 2.00. The van der Waals surface area contributed by atoms with Gasteiger partial charge in [0, 0.05) is 12.4 Å². The van der Waals surface area contributed by atoms with E-state index >= 15 is 0 Å². The second-order valence-electron chi connectivity index (χ2n) is 7.51. The first-order valence-electron chi connectivity index (χ1n) is 11.6. The predicted octanol–water partition coefficient (Wildman–Crippen LogP) is 8.15. The number of hydrogen-bond donors (Lipinski definition) is 0. The van der Waals surface area contributed by atoms with Gasteiger partial charge in [-0.25, -0.2) is 0 Å². The second-order valence-corrected chi connectivity index (χ2v) is 7.51. The van der Waals surface area contributed by atoms with Crippen molar-refractivity contribution in [3.05, 3.63) is 158 Å². The summed E-state index contributed by atoms with van der Waals surface area (Å²) in [4.78, 5) is 16.2. The average Bonchev–Trinajstić information content (AvgIpc) is 3.01. The van der Waals surface area contributed by atoms with E-state index in [-0.39, 0.29) is 0 Å². The summed E-state index contributed by atoms with van der Waals surface area (Å²) in [5, 5.41) is 0. The third-order valence-electron chi connectivity index (χ3n) is 5.13. The molecule has 0 aliphatic heterocycles. The summed E-state index contributed by atoms with van der Waals surface area (Å²) in [6.07, 6.45) is 3.54. The number of benzene rings is 4. The Morgan fingerprint density at radius 1 is 0.333 bits per heavy atom. The molecule has 0 radical (unpaired) electrons. The summed E-state index contributed by atoms with van der Waals surface area (Å²) in [5.41, 5.74) is 7.00. The number of fused-ring (bicyclic) bond motifs is 1. The lowest BCUT2D eigenvalue weighted by Crippen LogP contribution is -1.78. The third-order valence-corrected chi connectivity index (χ3v) is 5.13. The van der Waals surface area contributed by atoms with Crippen LogP contribution in [0.5, 0.6) is 0 Å². The van der Waals surface area contributed by atoms with Crippen LogP contribution in [0, 0.1) is 0 Å². The Kier molecular flexibility index (Phi) is 10.8. The van der Waals surface area contributed by atoms with Gasteiger partial charge in [-0.3, -0.25) is 9.97 Å². The number of rotatable bonds is 2. The molecule has 0 saturated carbocycles. The van der Waals surface area contributed by atoms with Crippen LogP contribution >= 0.6 is 0 Å². The molecule has 2 heterocycles. The van der Waals surface area contributed by atoms with Crippen molar-refractivity contribution < 1.29 is 4.79 Å². The smallest absolute Gasteiger partial charge is 0.106 e. The Hall–Kier alpha value is -4.89. The summed E-state index contributed by atoms with van der Waals surface area (Å²) >= 11 is 0. The molecule has 176 valence electrons. The van der Waals surface area contributed by atoms with E-state index in [1.165, 1.54) is 22.3 Å². The molecule has 2 aromatic heterocycles. The molecule has 36 heavy (non-hydrogen) atoms. The van der Waals surface area contributed by atoms with Crippen LogP contribution in [-0.4, -0.2) is 16.8 Å². The van der Waals surface area contributed by atoms with Gasteiger partial charge in [0.05, 0.1) is 11.0 Å². The Morgan fingerprint density at radius 3 is 0.833 bits per heavy atom. The normalized spacial score (nSPS) is 9.33. The molecule has 0 N–H and O–H groups in total. The van der Waals surface area contributed by atoms with Crippen molar-refractivity contribution in [1.82, 2.24) is 9.97 Å². The van der Waals surface area contributed by atoms with Gasteiger partial charge >= 0.3 is 0 Å². The first kappa shape index (κ1) is 25.7. The zero-order valence-electron chi connectivity index (χ0n) is 20.0. The molecule has 3 nitrogen and oxygen atoms in total. The molecule has 4 aromatic carbocycles. The molecule has 0 saturated heterocycles. The number of nitrogens with zero attached hydrogens (tertiary/aromatic N) is 2. The zero-order chi connectivity index (χ0) is 25.3. The minimum atomic E-state index is 0.949. The van der Waals surface area contributed by atoms with E-state index in [2.05, 4.69) is 107 Å². The van der Waals surface area contributed by atoms with Crippen molar-refractivity contribution in [3.63, 3.8) is 0 Å². The Morgan fingerprint density at radius 2 is 0.583 bits per heavy atom. The number of hydrogen-bond acceptors (Lipinski definition) is 3. The summed E-state index contributed by atoms with van der Waals surface area (Å²) in [7, 11) is 0. The molecule has 0 unspecified atom stereocenters. The van der Waals surface area contributed by atoms with E-state index in [0.29, 0.717) is 0 Å². The molecule has 0 fully saturated rings. The summed E-state index contributed by atoms with van der Waals surface area (Å²) in [6, 6.07) is 49.2. The highest BCUT2D eigenvalue weighted by molar-refractivity contribution is 5.72. The van der Waals surface area contributed by atoms with E-state index in [0.717, 1.165) is 11.0 Å². The fraction of sp³-hybridized carbons (Fsp3) is 0. The van der Waals surface area contributed by atoms with Crippen molar-refractivity contribution in [2.24, 2.45) is 0 Å². The van der Waals surface area contributed by atoms with Gasteiger partial charge in [-0.2, -0.15) is 0 Å². The molecule has 0 spiro atoms. The van der Waals surface area contributed by atoms with Crippen LogP contribution in [0.15, 0.2) is 158 Å². The van der Waals surface area contributed by atoms with Crippen molar-refractivity contribution in [2.45, 2.75) is 0 Å². The molecule has 6 rings (SSSR count). The zero-order valence-corrected chi connectivity index (χ0v) is 20.0. The lowest BCUT2D eigenvalue weighted by molar-refractivity contribution is -0.0979. The maximum absolute atomic E-state index is 8.00. The van der Waals surface area contributed by atoms with Crippen molar-refractivity contribution in [1.29, 1.82) is 0 Å². The summed E-state index contributed by atoms with van der Waals surface area (Å²) < 4.78 is 0. The van der Waals surface area contributed by atoms with Crippen LogP contribution in [0.1, 0.15) is 0 Å². The summed E-state index contributed by atoms with van der Waals surface area (Å²) in [5.74, 6) is 0. The molecule has 0 amide bonds. The molecule has 0 aliphatic carbocycles. The van der Waals surface area contributed by atoms with Crippen LogP contribution in [-0.2, 0) is 4.79 Å². The van der Waals surface area contributed by atoms with Gasteiger partial charge in [-0.05, 0) is 46.5 Å². The predicted molar refractivity (Wildman–Crippen MR) is 150 cm³/mol. The Bertz CT molecular complexity index is 1180. The van der Waals surface area contributed by atoms with Crippen molar-refractivity contribution in [3.8, 4) is 22.3 Å². The van der Waals surface area contributed by atoms with Crippen LogP contribution in [0.25, 0.3) is 33.3 Å². The van der Waals surface area contributed by atoms with Crippen molar-refractivity contribution in [2.75, 3.05) is 0 Å². The first-order valence-corrected chi connectivity index (χ1v) is 11.6. The third kappa shape index (κ3) is 8.15. The van der Waals surface area contributed by atoms with Gasteiger partial charge in [0.1, 0.15) is 6.79 Å². The van der Waals surface area contributed by atoms with Gasteiger partial charge in [0.15, 0.2) is 0 Å². The van der Waals surface area contributed by atoms with E-state index in [1.54, 1.807) is 12.4 Å². The van der Waals surface area contributed by atoms with Gasteiger partial charge in [0.25, 0.3) is 0 Å². The largest absolute Gasteiger partial charge is 0.307 e. The number of aromatic nitrogens is 2. The van der Waals surface area contributed by atoms with Crippen LogP contribution in [0.3, 0.4) is 0 Å². The van der Waals surface area contributed by atoms with E-state index in [1.807, 2.05) is 55.3 Å². The van der Waals surface area contributed by atoms with E-state index in [9.17, 15) is 0 Å². The number of carbonyl (C=O) groups excluding carboxylic acids is 1. The van der Waals surface area contributed by atoms with Gasteiger partial charge in [0.2, 0.25) is 0 Å². The molecule has 0 atom stereocenters. The van der Waals surface area contributed by atoms with Gasteiger partial charge in [-0.15, -0.1) is 0 Å². The highest BCUT2D eigenvalue weighted by Crippen LogP contribution is 2.18. The molecule has 0 bridgehead atoms. The van der Waals surface area contributed by atoms with Crippen LogP contribution < -0.4 is 0 Å². The van der Waals surface area contributed by atoms with Crippen molar-refractivity contribution >= 4 is 17.8 Å². The second kappa shape index (κ2) is 15.1. The number of carbonyl (C=O) groups is 1. The average molecular weight is 469 g/mol. The standard InChI is InChI=1S/2C12H10.C8H6N2.CH2O/c2*1-3-7-11(8-4-1)12-9-5-2-6-10-12;1-3-7-8(9-5-1)4-2-6-10-7;1-2/h2*1-10H;1-6H;1H2. The molecule has 3 heteroatoms. The minimum Gasteiger partial charge on any atom is -0.307 e. The van der Waals surface area contributed by atoms with Crippen LogP contribution in [0.4, 0.5) is 0 Å². The lowest BCUT2D eigenvalue weighted by atomic mass is 10.1. The van der Waals surface area contributed by atoms with Crippen LogP contribution in [0.2, 0.25) is 0 Å². The van der Waals surface area contributed by atoms with Gasteiger partial charge in [-0.1, -0.05) is 121 Å². The minimum absolute atomic E-state index is 0.949. The Balaban J connectivity index is 0.000000146. The number of pyridine rings is 2. The maximum atomic E-state index is 8.00. The van der Waals surface area contributed by atoms with E-state index < -0.39 is 0 Å². The maximum Gasteiger partial charge on any atom is 0.106 e. The van der Waals surface area contributed by atoms with E-state index in [4.69, 9.17) is 4.79 Å². The fourth-order valence-corrected chi connectivity index (χ4v) is 3.43. The molecular weight excluding hydrogens is 440 g/mol. The molecular formula is C33H28N2O. The Labute approximate surface area is 212 Å². The molecule has 6 aromatic rings. The lowest BCUT2D eigenvalue weighted by Gasteiger charge is -1.98. The quantitative estimate of drug-likeness (QED) is 0.257. The highest BCUT2D eigenvalue weighted by atomic mass is 16.1. The SMILES string of the molecule is C=O.c1ccc(-c2ccccc2)cc1.c1ccc(-c2ccccc2)cc1.c1cnc2cccnc2c1. The van der Waals surface area contributed by atoms with Gasteiger partial charge < -0.3 is 4.79 Å². The monoisotopic (exact) mass is 468 g/mol.